The van der Waals surface area contributed by atoms with Crippen LogP contribution in [0.15, 0.2) is 18.6 Å². The van der Waals surface area contributed by atoms with Gasteiger partial charge in [-0.15, -0.1) is 0 Å². The first kappa shape index (κ1) is 11.2. The minimum atomic E-state index is -0.00333. The Balaban J connectivity index is 1.98. The maximum atomic E-state index is 12.4. The average molecular weight is 244 g/mol. The van der Waals surface area contributed by atoms with Gasteiger partial charge in [0.2, 0.25) is 0 Å². The van der Waals surface area contributed by atoms with Crippen LogP contribution in [0.2, 0.25) is 0 Å². The normalized spacial score (nSPS) is 16.1. The van der Waals surface area contributed by atoms with Crippen molar-refractivity contribution in [3.63, 3.8) is 0 Å². The van der Waals surface area contributed by atoms with Crippen LogP contribution >= 0.6 is 0 Å². The second-order valence-corrected chi connectivity index (χ2v) is 4.30. The number of imidazole rings is 1. The molecule has 3 rings (SSSR count). The van der Waals surface area contributed by atoms with Crippen LogP contribution in [0.3, 0.4) is 0 Å². The van der Waals surface area contributed by atoms with Gasteiger partial charge < -0.3 is 9.64 Å². The summed E-state index contributed by atoms with van der Waals surface area (Å²) in [4.78, 5) is 22.5. The molecule has 0 atom stereocenters. The van der Waals surface area contributed by atoms with Crippen LogP contribution in [0.25, 0.3) is 5.65 Å². The first-order chi connectivity index (χ1) is 8.75. The molecule has 1 amide bonds. The van der Waals surface area contributed by atoms with Crippen molar-refractivity contribution in [2.24, 2.45) is 0 Å². The zero-order valence-electron chi connectivity index (χ0n) is 10.2. The zero-order chi connectivity index (χ0) is 12.5. The van der Waals surface area contributed by atoms with Crippen molar-refractivity contribution in [1.29, 1.82) is 0 Å². The molecular weight excluding hydrogens is 231 g/mol. The molecule has 1 aliphatic rings. The van der Waals surface area contributed by atoms with Gasteiger partial charge in [-0.1, -0.05) is 0 Å². The molecule has 3 heterocycles. The molecule has 2 aromatic rings. The molecule has 6 nitrogen and oxygen atoms in total. The lowest BCUT2D eigenvalue weighted by molar-refractivity contribution is 0.0298. The fourth-order valence-electron chi connectivity index (χ4n) is 2.07. The van der Waals surface area contributed by atoms with Crippen LogP contribution in [-0.2, 0) is 4.74 Å². The van der Waals surface area contributed by atoms with E-state index in [1.54, 1.807) is 21.7 Å². The van der Waals surface area contributed by atoms with E-state index in [-0.39, 0.29) is 5.91 Å². The molecule has 7 heteroatoms. The molecule has 0 N–H and O–H groups in total. The molecular formula is C11H13BN4O2. The van der Waals surface area contributed by atoms with Crippen molar-refractivity contribution in [2.45, 2.75) is 0 Å². The summed E-state index contributed by atoms with van der Waals surface area (Å²) in [6, 6.07) is 0. The lowest BCUT2D eigenvalue weighted by Gasteiger charge is -2.26. The van der Waals surface area contributed by atoms with Gasteiger partial charge in [0, 0.05) is 24.9 Å². The lowest BCUT2D eigenvalue weighted by Crippen LogP contribution is -2.41. The quantitative estimate of drug-likeness (QED) is 0.570. The van der Waals surface area contributed by atoms with Gasteiger partial charge in [0.1, 0.15) is 5.69 Å². The number of rotatable bonds is 1. The van der Waals surface area contributed by atoms with Gasteiger partial charge in [-0.05, 0) is 0 Å². The SMILES string of the molecule is Bc1cn2c(C(=O)N3CCOCC3)cnc2cn1. The molecule has 1 fully saturated rings. The number of hydrogen-bond donors (Lipinski definition) is 0. The van der Waals surface area contributed by atoms with Gasteiger partial charge in [-0.25, -0.2) is 4.98 Å². The third-order valence-corrected chi connectivity index (χ3v) is 3.04. The first-order valence-corrected chi connectivity index (χ1v) is 5.92. The smallest absolute Gasteiger partial charge is 0.272 e. The fourth-order valence-corrected chi connectivity index (χ4v) is 2.07. The molecule has 1 aliphatic heterocycles. The van der Waals surface area contributed by atoms with Crippen LogP contribution in [-0.4, -0.2) is 59.3 Å². The minimum absolute atomic E-state index is 0.00333. The molecule has 92 valence electrons. The van der Waals surface area contributed by atoms with E-state index >= 15 is 0 Å². The summed E-state index contributed by atoms with van der Waals surface area (Å²) in [6.45, 7) is 2.47. The van der Waals surface area contributed by atoms with Crippen LogP contribution in [0.4, 0.5) is 0 Å². The van der Waals surface area contributed by atoms with Crippen LogP contribution < -0.4 is 5.59 Å². The molecule has 0 spiro atoms. The van der Waals surface area contributed by atoms with E-state index in [0.717, 1.165) is 5.59 Å². The molecule has 0 aromatic carbocycles. The summed E-state index contributed by atoms with van der Waals surface area (Å²) < 4.78 is 7.04. The predicted octanol–water partition coefficient (Wildman–Crippen LogP) is -1.54. The Morgan fingerprint density at radius 2 is 2.06 bits per heavy atom. The van der Waals surface area contributed by atoms with E-state index < -0.39 is 0 Å². The lowest BCUT2D eigenvalue weighted by atomic mass is 10.1. The Kier molecular flexibility index (Phi) is 2.75. The van der Waals surface area contributed by atoms with E-state index in [2.05, 4.69) is 9.97 Å². The number of hydrogen-bond acceptors (Lipinski definition) is 4. The van der Waals surface area contributed by atoms with Gasteiger partial charge in [0.05, 0.1) is 25.6 Å². The molecule has 1 saturated heterocycles. The van der Waals surface area contributed by atoms with Gasteiger partial charge >= 0.3 is 0 Å². The Bertz CT molecular complexity index is 592. The summed E-state index contributed by atoms with van der Waals surface area (Å²) in [5.41, 5.74) is 2.13. The topological polar surface area (TPSA) is 59.7 Å². The molecule has 0 aliphatic carbocycles. The maximum absolute atomic E-state index is 12.4. The van der Waals surface area contributed by atoms with Crippen molar-refractivity contribution < 1.29 is 9.53 Å². The van der Waals surface area contributed by atoms with Crippen molar-refractivity contribution in [2.75, 3.05) is 26.3 Å². The standard InChI is InChI=1S/C11H13BN4O2/c12-9-7-16-8(5-14-10(16)6-13-9)11(17)15-1-3-18-4-2-15/h5-7H,1-4,12H2. The Hall–Kier alpha value is -1.89. The molecule has 0 unspecified atom stereocenters. The number of ether oxygens (including phenoxy) is 1. The van der Waals surface area contributed by atoms with Crippen LogP contribution in [0.1, 0.15) is 10.5 Å². The van der Waals surface area contributed by atoms with Gasteiger partial charge in [-0.3, -0.25) is 14.2 Å². The van der Waals surface area contributed by atoms with Crippen LogP contribution in [0.5, 0.6) is 0 Å². The summed E-state index contributed by atoms with van der Waals surface area (Å²) >= 11 is 0. The number of morpholine rings is 1. The summed E-state index contributed by atoms with van der Waals surface area (Å²) in [6.07, 6.45) is 5.11. The van der Waals surface area contributed by atoms with E-state index in [1.807, 2.05) is 14.0 Å². The number of carbonyl (C=O) groups excluding carboxylic acids is 1. The van der Waals surface area contributed by atoms with Crippen LogP contribution in [0, 0.1) is 0 Å². The number of nitrogens with zero attached hydrogens (tertiary/aromatic N) is 4. The number of carbonyl (C=O) groups is 1. The second kappa shape index (κ2) is 4.42. The summed E-state index contributed by atoms with van der Waals surface area (Å²) in [5, 5.41) is 0. The molecule has 18 heavy (non-hydrogen) atoms. The van der Waals surface area contributed by atoms with Gasteiger partial charge in [0.25, 0.3) is 5.91 Å². The third kappa shape index (κ3) is 1.86. The third-order valence-electron chi connectivity index (χ3n) is 3.04. The summed E-state index contributed by atoms with van der Waals surface area (Å²) in [5.74, 6) is -0.00333. The highest BCUT2D eigenvalue weighted by Crippen LogP contribution is 2.09. The molecule has 0 bridgehead atoms. The van der Waals surface area contributed by atoms with Gasteiger partial charge in [-0.2, -0.15) is 0 Å². The van der Waals surface area contributed by atoms with Crippen molar-refractivity contribution in [3.8, 4) is 0 Å². The molecule has 0 radical (unpaired) electrons. The largest absolute Gasteiger partial charge is 0.378 e. The Labute approximate surface area is 105 Å². The predicted molar refractivity (Wildman–Crippen MR) is 67.9 cm³/mol. The monoisotopic (exact) mass is 244 g/mol. The second-order valence-electron chi connectivity index (χ2n) is 4.30. The molecule has 2 aromatic heterocycles. The maximum Gasteiger partial charge on any atom is 0.272 e. The fraction of sp³-hybridized carbons (Fsp3) is 0.364. The van der Waals surface area contributed by atoms with Gasteiger partial charge in [0.15, 0.2) is 13.5 Å². The highest BCUT2D eigenvalue weighted by molar-refractivity contribution is 6.30. The van der Waals surface area contributed by atoms with E-state index in [1.165, 1.54) is 0 Å². The van der Waals surface area contributed by atoms with E-state index in [0.29, 0.717) is 37.6 Å². The summed E-state index contributed by atoms with van der Waals surface area (Å²) in [7, 11) is 1.89. The average Bonchev–Trinajstić information content (AvgIpc) is 2.82. The van der Waals surface area contributed by atoms with Crippen molar-refractivity contribution in [1.82, 2.24) is 19.3 Å². The highest BCUT2D eigenvalue weighted by atomic mass is 16.5. The number of amides is 1. The highest BCUT2D eigenvalue weighted by Gasteiger charge is 2.21. The van der Waals surface area contributed by atoms with Crippen molar-refractivity contribution in [3.05, 3.63) is 24.3 Å². The number of aromatic nitrogens is 3. The van der Waals surface area contributed by atoms with E-state index in [9.17, 15) is 4.79 Å². The number of fused-ring (bicyclic) bond motifs is 1. The van der Waals surface area contributed by atoms with E-state index in [4.69, 9.17) is 4.74 Å². The van der Waals surface area contributed by atoms with Crippen molar-refractivity contribution >= 4 is 25.0 Å². The zero-order valence-corrected chi connectivity index (χ0v) is 10.2. The first-order valence-electron chi connectivity index (χ1n) is 5.92. The Morgan fingerprint density at radius 3 is 2.83 bits per heavy atom. The minimum Gasteiger partial charge on any atom is -0.378 e. The molecule has 0 saturated carbocycles. The Morgan fingerprint density at radius 1 is 1.28 bits per heavy atom.